The van der Waals surface area contributed by atoms with E-state index in [2.05, 4.69) is 14.7 Å². The molecule has 6 rings (SSSR count). The van der Waals surface area contributed by atoms with Crippen LogP contribution >= 0.6 is 0 Å². The van der Waals surface area contributed by atoms with Gasteiger partial charge in [0.2, 0.25) is 16.7 Å². The van der Waals surface area contributed by atoms with E-state index < -0.39 is 34.4 Å². The molecule has 0 amide bonds. The van der Waals surface area contributed by atoms with Crippen molar-refractivity contribution in [2.75, 3.05) is 5.73 Å². The zero-order valence-corrected chi connectivity index (χ0v) is 22.7. The van der Waals surface area contributed by atoms with Gasteiger partial charge in [-0.15, -0.1) is 0 Å². The maximum Gasteiger partial charge on any atom is 0.232 e. The lowest BCUT2D eigenvalue weighted by molar-refractivity contribution is 0.445. The van der Waals surface area contributed by atoms with Crippen LogP contribution in [0.4, 0.5) is 14.6 Å². The SMILES string of the molecule is CC(c1oc2cccc(F)c2c(=O)c1-c1cccc(F)c1)n1nc(-c2cccc(CNS(=O)O)c2)c2c(N)ncnc21. The Labute approximate surface area is 239 Å². The average Bonchev–Trinajstić information content (AvgIpc) is 3.37. The summed E-state index contributed by atoms with van der Waals surface area (Å²) in [5, 5.41) is 4.99. The second-order valence-electron chi connectivity index (χ2n) is 9.49. The second kappa shape index (κ2) is 10.9. The van der Waals surface area contributed by atoms with Crippen molar-refractivity contribution >= 4 is 39.1 Å². The number of nitrogens with one attached hydrogen (secondary N) is 1. The number of halogens is 2. The van der Waals surface area contributed by atoms with Gasteiger partial charge in [-0.25, -0.2) is 32.4 Å². The molecule has 2 atom stereocenters. The number of nitrogens with two attached hydrogens (primary N) is 1. The first-order valence-electron chi connectivity index (χ1n) is 12.7. The Kier molecular flexibility index (Phi) is 7.06. The van der Waals surface area contributed by atoms with Crippen LogP contribution in [0.15, 0.2) is 82.3 Å². The van der Waals surface area contributed by atoms with E-state index in [0.717, 1.165) is 6.07 Å². The second-order valence-corrected chi connectivity index (χ2v) is 10.3. The van der Waals surface area contributed by atoms with E-state index in [1.54, 1.807) is 37.3 Å². The molecule has 13 heteroatoms. The van der Waals surface area contributed by atoms with E-state index in [1.165, 1.54) is 41.3 Å². The van der Waals surface area contributed by atoms with Gasteiger partial charge in [0.1, 0.15) is 52.2 Å². The summed E-state index contributed by atoms with van der Waals surface area (Å²) in [6, 6.07) is 15.8. The number of hydrogen-bond donors (Lipinski definition) is 3. The van der Waals surface area contributed by atoms with Gasteiger partial charge in [0, 0.05) is 12.1 Å². The predicted octanol–water partition coefficient (Wildman–Crippen LogP) is 4.96. The van der Waals surface area contributed by atoms with Crippen molar-refractivity contribution in [3.63, 3.8) is 0 Å². The molecule has 0 aliphatic carbocycles. The lowest BCUT2D eigenvalue weighted by atomic mass is 9.99. The largest absolute Gasteiger partial charge is 0.458 e. The van der Waals surface area contributed by atoms with Crippen molar-refractivity contribution in [2.24, 2.45) is 0 Å². The molecule has 0 spiro atoms. The molecule has 2 unspecified atom stereocenters. The molecule has 0 aliphatic rings. The van der Waals surface area contributed by atoms with Gasteiger partial charge in [-0.3, -0.25) is 9.35 Å². The summed E-state index contributed by atoms with van der Waals surface area (Å²) in [5.41, 5.74) is 7.93. The van der Waals surface area contributed by atoms with Crippen molar-refractivity contribution in [3.8, 4) is 22.4 Å². The fraction of sp³-hybridized carbons (Fsp3) is 0.103. The van der Waals surface area contributed by atoms with Crippen molar-refractivity contribution in [3.05, 3.63) is 106 Å². The molecule has 0 aliphatic heterocycles. The van der Waals surface area contributed by atoms with E-state index in [0.29, 0.717) is 27.9 Å². The number of nitrogen functional groups attached to an aromatic ring is 1. The number of anilines is 1. The maximum absolute atomic E-state index is 14.8. The van der Waals surface area contributed by atoms with Crippen molar-refractivity contribution in [2.45, 2.75) is 19.5 Å². The smallest absolute Gasteiger partial charge is 0.232 e. The number of hydrogen-bond acceptors (Lipinski definition) is 7. The fourth-order valence-corrected chi connectivity index (χ4v) is 5.27. The van der Waals surface area contributed by atoms with Gasteiger partial charge in [0.15, 0.2) is 5.65 Å². The van der Waals surface area contributed by atoms with Gasteiger partial charge in [-0.1, -0.05) is 36.4 Å². The Morgan fingerprint density at radius 1 is 1.05 bits per heavy atom. The van der Waals surface area contributed by atoms with E-state index in [-0.39, 0.29) is 40.2 Å². The zero-order chi connectivity index (χ0) is 29.5. The summed E-state index contributed by atoms with van der Waals surface area (Å²) in [6.45, 7) is 1.84. The monoisotopic (exact) mass is 588 g/mol. The van der Waals surface area contributed by atoms with E-state index >= 15 is 0 Å². The topological polar surface area (TPSA) is 149 Å². The normalized spacial score (nSPS) is 13.0. The third-order valence-electron chi connectivity index (χ3n) is 6.87. The molecule has 0 saturated carbocycles. The minimum absolute atomic E-state index is 0.0168. The maximum atomic E-state index is 14.8. The number of fused-ring (bicyclic) bond motifs is 2. The molecule has 0 bridgehead atoms. The van der Waals surface area contributed by atoms with Gasteiger partial charge in [0.25, 0.3) is 0 Å². The van der Waals surface area contributed by atoms with E-state index in [4.69, 9.17) is 19.8 Å². The third kappa shape index (κ3) is 4.83. The standard InChI is InChI=1S/C29H22F2N6O4S/c1-15(27-22(17-6-3-8-19(30)12-17)26(38)23-20(31)9-4-10-21(23)41-27)37-29-24(28(32)33-14-34-29)25(36-37)18-7-2-5-16(11-18)13-35-42(39)40/h2-12,14-15,35H,13H2,1H3,(H,39,40)(H2,32,33,34). The molecule has 0 radical (unpaired) electrons. The highest BCUT2D eigenvalue weighted by Crippen LogP contribution is 2.36. The van der Waals surface area contributed by atoms with Gasteiger partial charge >= 0.3 is 0 Å². The van der Waals surface area contributed by atoms with E-state index in [1.807, 2.05) is 0 Å². The molecular formula is C29H22F2N6O4S. The molecule has 3 aromatic heterocycles. The lowest BCUT2D eigenvalue weighted by Crippen LogP contribution is -2.17. The summed E-state index contributed by atoms with van der Waals surface area (Å²) in [7, 11) is 0. The number of benzene rings is 3. The first-order chi connectivity index (χ1) is 20.2. The summed E-state index contributed by atoms with van der Waals surface area (Å²) >= 11 is -2.19. The Morgan fingerprint density at radius 2 is 1.81 bits per heavy atom. The minimum Gasteiger partial charge on any atom is -0.458 e. The highest BCUT2D eigenvalue weighted by atomic mass is 32.2. The highest BCUT2D eigenvalue weighted by Gasteiger charge is 2.28. The fourth-order valence-electron chi connectivity index (χ4n) is 4.98. The molecule has 3 heterocycles. The van der Waals surface area contributed by atoms with Crippen LogP contribution in [0, 0.1) is 11.6 Å². The van der Waals surface area contributed by atoms with Crippen LogP contribution < -0.4 is 15.9 Å². The molecule has 212 valence electrons. The van der Waals surface area contributed by atoms with Crippen LogP contribution in [0.2, 0.25) is 0 Å². The Hall–Kier alpha value is -4.85. The summed E-state index contributed by atoms with van der Waals surface area (Å²) in [6.07, 6.45) is 1.28. The van der Waals surface area contributed by atoms with Crippen LogP contribution in [0.1, 0.15) is 24.3 Å². The first-order valence-corrected chi connectivity index (χ1v) is 13.8. The highest BCUT2D eigenvalue weighted by molar-refractivity contribution is 7.77. The van der Waals surface area contributed by atoms with Gasteiger partial charge in [-0.05, 0) is 48.4 Å². The van der Waals surface area contributed by atoms with Gasteiger partial charge in [0.05, 0.1) is 10.9 Å². The van der Waals surface area contributed by atoms with Gasteiger partial charge in [-0.2, -0.15) is 5.10 Å². The van der Waals surface area contributed by atoms with Crippen molar-refractivity contribution in [1.82, 2.24) is 24.5 Å². The molecule has 3 aromatic carbocycles. The summed E-state index contributed by atoms with van der Waals surface area (Å²) < 4.78 is 59.5. The molecular weight excluding hydrogens is 566 g/mol. The molecule has 10 nitrogen and oxygen atoms in total. The Bertz CT molecular complexity index is 2080. The molecule has 4 N–H and O–H groups in total. The van der Waals surface area contributed by atoms with Crippen molar-refractivity contribution < 1.29 is 22.0 Å². The summed E-state index contributed by atoms with van der Waals surface area (Å²) in [4.78, 5) is 22.3. The summed E-state index contributed by atoms with van der Waals surface area (Å²) in [5.74, 6) is -1.07. The zero-order valence-electron chi connectivity index (χ0n) is 21.9. The number of aromatic nitrogens is 4. The van der Waals surface area contributed by atoms with Crippen LogP contribution in [-0.4, -0.2) is 28.5 Å². The molecule has 42 heavy (non-hydrogen) atoms. The van der Waals surface area contributed by atoms with Gasteiger partial charge < -0.3 is 10.2 Å². The third-order valence-corrected chi connectivity index (χ3v) is 7.27. The number of rotatable bonds is 7. The van der Waals surface area contributed by atoms with Crippen LogP contribution in [0.25, 0.3) is 44.4 Å². The molecule has 6 aromatic rings. The lowest BCUT2D eigenvalue weighted by Gasteiger charge is -2.17. The Balaban J connectivity index is 1.59. The Morgan fingerprint density at radius 3 is 2.60 bits per heavy atom. The van der Waals surface area contributed by atoms with Crippen LogP contribution in [0.5, 0.6) is 0 Å². The predicted molar refractivity (Wildman–Crippen MR) is 154 cm³/mol. The minimum atomic E-state index is -2.19. The van der Waals surface area contributed by atoms with Crippen molar-refractivity contribution in [1.29, 1.82) is 0 Å². The first kappa shape index (κ1) is 27.3. The quantitative estimate of drug-likeness (QED) is 0.222. The van der Waals surface area contributed by atoms with E-state index in [9.17, 15) is 17.8 Å². The average molecular weight is 589 g/mol. The number of nitrogens with zero attached hydrogens (tertiary/aromatic N) is 4. The molecule has 0 fully saturated rings. The van der Waals surface area contributed by atoms with Crippen LogP contribution in [-0.2, 0) is 17.8 Å². The molecule has 0 saturated heterocycles. The van der Waals surface area contributed by atoms with Crippen LogP contribution in [0.3, 0.4) is 0 Å².